The Labute approximate surface area is 95.5 Å². The first-order valence-corrected chi connectivity index (χ1v) is 4.65. The van der Waals surface area contributed by atoms with Crippen LogP contribution < -0.4 is 5.73 Å². The maximum atomic E-state index is 8.71. The Hall–Kier alpha value is -0.280. The fourth-order valence-corrected chi connectivity index (χ4v) is 1.33. The number of nitrogens with two attached hydrogens (primary N) is 1. The Morgan fingerprint density at radius 2 is 2.14 bits per heavy atom. The zero-order chi connectivity index (χ0) is 9.84. The van der Waals surface area contributed by atoms with Crippen molar-refractivity contribution >= 4 is 24.0 Å². The Balaban J connectivity index is 0.00000169. The van der Waals surface area contributed by atoms with Crippen LogP contribution in [0.5, 0.6) is 0 Å². The van der Waals surface area contributed by atoms with Crippen LogP contribution in [0, 0.1) is 6.92 Å². The SMILES string of the molecule is Cc1ccc([C@@H](N)CCO)cc1Cl.Cl. The monoisotopic (exact) mass is 235 g/mol. The summed E-state index contributed by atoms with van der Waals surface area (Å²) >= 11 is 5.94. The van der Waals surface area contributed by atoms with E-state index < -0.39 is 0 Å². The van der Waals surface area contributed by atoms with Gasteiger partial charge >= 0.3 is 0 Å². The number of aryl methyl sites for hydroxylation is 1. The molecule has 0 aliphatic carbocycles. The highest BCUT2D eigenvalue weighted by Gasteiger charge is 2.06. The molecular formula is C10H15Cl2NO. The Morgan fingerprint density at radius 1 is 1.50 bits per heavy atom. The highest BCUT2D eigenvalue weighted by Crippen LogP contribution is 2.21. The summed E-state index contributed by atoms with van der Waals surface area (Å²) in [5.74, 6) is 0. The first kappa shape index (κ1) is 13.7. The molecule has 0 unspecified atom stereocenters. The minimum absolute atomic E-state index is 0. The molecule has 80 valence electrons. The molecule has 1 atom stereocenters. The van der Waals surface area contributed by atoms with E-state index in [1.54, 1.807) is 0 Å². The molecule has 0 fully saturated rings. The number of aliphatic hydroxyl groups excluding tert-OH is 1. The Bertz CT molecular complexity index is 291. The normalized spacial score (nSPS) is 12.0. The summed E-state index contributed by atoms with van der Waals surface area (Å²) < 4.78 is 0. The lowest BCUT2D eigenvalue weighted by atomic mass is 10.0. The highest BCUT2D eigenvalue weighted by molar-refractivity contribution is 6.31. The first-order chi connectivity index (χ1) is 6.15. The molecule has 4 heteroatoms. The van der Waals surface area contributed by atoms with Gasteiger partial charge in [0.05, 0.1) is 0 Å². The molecule has 0 heterocycles. The van der Waals surface area contributed by atoms with E-state index in [4.69, 9.17) is 22.4 Å². The third-order valence-electron chi connectivity index (χ3n) is 2.06. The maximum Gasteiger partial charge on any atom is 0.0449 e. The van der Waals surface area contributed by atoms with E-state index in [0.717, 1.165) is 16.1 Å². The first-order valence-electron chi connectivity index (χ1n) is 4.27. The summed E-state index contributed by atoms with van der Waals surface area (Å²) in [6.45, 7) is 2.05. The van der Waals surface area contributed by atoms with Gasteiger partial charge in [0.1, 0.15) is 0 Å². The molecule has 0 amide bonds. The van der Waals surface area contributed by atoms with Gasteiger partial charge in [0.25, 0.3) is 0 Å². The van der Waals surface area contributed by atoms with E-state index in [1.807, 2.05) is 25.1 Å². The van der Waals surface area contributed by atoms with Gasteiger partial charge in [-0.2, -0.15) is 0 Å². The van der Waals surface area contributed by atoms with E-state index >= 15 is 0 Å². The predicted molar refractivity (Wildman–Crippen MR) is 62.1 cm³/mol. The van der Waals surface area contributed by atoms with Gasteiger partial charge in [0.15, 0.2) is 0 Å². The van der Waals surface area contributed by atoms with Gasteiger partial charge in [-0.25, -0.2) is 0 Å². The molecule has 2 nitrogen and oxygen atoms in total. The fraction of sp³-hybridized carbons (Fsp3) is 0.400. The Kier molecular flexibility index (Phi) is 6.12. The van der Waals surface area contributed by atoms with Crippen molar-refractivity contribution in [3.63, 3.8) is 0 Å². The number of halogens is 2. The second kappa shape index (κ2) is 6.25. The zero-order valence-electron chi connectivity index (χ0n) is 8.03. The molecule has 0 bridgehead atoms. The predicted octanol–water partition coefficient (Wildman–Crippen LogP) is 2.45. The third-order valence-corrected chi connectivity index (χ3v) is 2.47. The maximum absolute atomic E-state index is 8.71. The lowest BCUT2D eigenvalue weighted by Gasteiger charge is -2.11. The summed E-state index contributed by atoms with van der Waals surface area (Å²) in [5, 5.41) is 9.44. The van der Waals surface area contributed by atoms with Crippen molar-refractivity contribution in [3.8, 4) is 0 Å². The van der Waals surface area contributed by atoms with Gasteiger partial charge in [0.2, 0.25) is 0 Å². The van der Waals surface area contributed by atoms with Crippen LogP contribution in [-0.2, 0) is 0 Å². The van der Waals surface area contributed by atoms with E-state index in [-0.39, 0.29) is 25.1 Å². The molecule has 0 saturated heterocycles. The molecule has 0 saturated carbocycles. The average Bonchev–Trinajstić information content (AvgIpc) is 2.10. The van der Waals surface area contributed by atoms with Gasteiger partial charge in [-0.05, 0) is 30.5 Å². The van der Waals surface area contributed by atoms with Crippen molar-refractivity contribution in [3.05, 3.63) is 34.3 Å². The molecule has 0 aromatic heterocycles. The van der Waals surface area contributed by atoms with Crippen molar-refractivity contribution in [2.75, 3.05) is 6.61 Å². The number of aliphatic hydroxyl groups is 1. The van der Waals surface area contributed by atoms with Crippen molar-refractivity contribution in [1.29, 1.82) is 0 Å². The van der Waals surface area contributed by atoms with E-state index in [2.05, 4.69) is 0 Å². The highest BCUT2D eigenvalue weighted by atomic mass is 35.5. The number of hydrogen-bond acceptors (Lipinski definition) is 2. The lowest BCUT2D eigenvalue weighted by molar-refractivity contribution is 0.276. The number of rotatable bonds is 3. The van der Waals surface area contributed by atoms with Crippen molar-refractivity contribution in [2.24, 2.45) is 5.73 Å². The van der Waals surface area contributed by atoms with Crippen LogP contribution >= 0.6 is 24.0 Å². The smallest absolute Gasteiger partial charge is 0.0449 e. The van der Waals surface area contributed by atoms with Crippen molar-refractivity contribution < 1.29 is 5.11 Å². The van der Waals surface area contributed by atoms with E-state index in [9.17, 15) is 0 Å². The molecule has 1 rings (SSSR count). The van der Waals surface area contributed by atoms with E-state index in [0.29, 0.717) is 6.42 Å². The number of hydrogen-bond donors (Lipinski definition) is 2. The second-order valence-corrected chi connectivity index (χ2v) is 3.53. The van der Waals surface area contributed by atoms with Crippen molar-refractivity contribution in [2.45, 2.75) is 19.4 Å². The van der Waals surface area contributed by atoms with Crippen LogP contribution in [0.1, 0.15) is 23.6 Å². The zero-order valence-corrected chi connectivity index (χ0v) is 9.61. The summed E-state index contributed by atoms with van der Waals surface area (Å²) in [6.07, 6.45) is 0.569. The fourth-order valence-electron chi connectivity index (χ4n) is 1.15. The molecule has 0 radical (unpaired) electrons. The van der Waals surface area contributed by atoms with Gasteiger partial charge in [-0.3, -0.25) is 0 Å². The summed E-state index contributed by atoms with van der Waals surface area (Å²) in [5.41, 5.74) is 7.83. The van der Waals surface area contributed by atoms with Gasteiger partial charge in [-0.1, -0.05) is 23.7 Å². The molecule has 3 N–H and O–H groups in total. The van der Waals surface area contributed by atoms with Gasteiger partial charge < -0.3 is 10.8 Å². The largest absolute Gasteiger partial charge is 0.396 e. The topological polar surface area (TPSA) is 46.2 Å². The van der Waals surface area contributed by atoms with Crippen LogP contribution in [0.25, 0.3) is 0 Å². The quantitative estimate of drug-likeness (QED) is 0.846. The summed E-state index contributed by atoms with van der Waals surface area (Å²) in [7, 11) is 0. The third kappa shape index (κ3) is 3.46. The van der Waals surface area contributed by atoms with E-state index in [1.165, 1.54) is 0 Å². The van der Waals surface area contributed by atoms with Crippen molar-refractivity contribution in [1.82, 2.24) is 0 Å². The molecule has 1 aromatic rings. The average molecular weight is 236 g/mol. The molecular weight excluding hydrogens is 221 g/mol. The minimum atomic E-state index is -0.122. The van der Waals surface area contributed by atoms with Crippen LogP contribution in [-0.4, -0.2) is 11.7 Å². The molecule has 1 aromatic carbocycles. The standard InChI is InChI=1S/C10H14ClNO.ClH/c1-7-2-3-8(6-9(7)11)10(12)4-5-13;/h2-3,6,10,13H,4-5,12H2,1H3;1H/t10-;/m0./s1. The molecule has 0 aliphatic rings. The van der Waals surface area contributed by atoms with Crippen LogP contribution in [0.4, 0.5) is 0 Å². The van der Waals surface area contributed by atoms with Crippen LogP contribution in [0.2, 0.25) is 5.02 Å². The number of benzene rings is 1. The minimum Gasteiger partial charge on any atom is -0.396 e. The Morgan fingerprint density at radius 3 is 2.64 bits per heavy atom. The lowest BCUT2D eigenvalue weighted by Crippen LogP contribution is -2.11. The molecule has 0 aliphatic heterocycles. The second-order valence-electron chi connectivity index (χ2n) is 3.13. The summed E-state index contributed by atoms with van der Waals surface area (Å²) in [4.78, 5) is 0. The van der Waals surface area contributed by atoms with Gasteiger partial charge in [0, 0.05) is 17.7 Å². The van der Waals surface area contributed by atoms with Crippen LogP contribution in [0.15, 0.2) is 18.2 Å². The summed E-state index contributed by atoms with van der Waals surface area (Å²) in [6, 6.07) is 5.62. The molecule has 14 heavy (non-hydrogen) atoms. The van der Waals surface area contributed by atoms with Crippen LogP contribution in [0.3, 0.4) is 0 Å². The molecule has 0 spiro atoms. The van der Waals surface area contributed by atoms with Gasteiger partial charge in [-0.15, -0.1) is 12.4 Å².